The topological polar surface area (TPSA) is 15.8 Å². The van der Waals surface area contributed by atoms with Crippen molar-refractivity contribution in [2.75, 3.05) is 7.18 Å². The molecule has 0 atom stereocenters. The highest BCUT2D eigenvalue weighted by Gasteiger charge is 2.04. The number of rotatable bonds is 1. The molecule has 1 heterocycles. The number of H-pyrrole nitrogens is 1. The minimum atomic E-state index is 0.500. The molecule has 1 N–H and O–H groups in total. The SMILES string of the molecule is CC.CF.Cc1cccc(C)c1-c1ccc[nH]1. The largest absolute Gasteiger partial charge is 0.361 e. The zero-order chi connectivity index (χ0) is 13.3. The molecule has 0 bridgehead atoms. The first-order valence-corrected chi connectivity index (χ1v) is 5.87. The average molecular weight is 235 g/mol. The third-order valence-electron chi connectivity index (χ3n) is 2.35. The van der Waals surface area contributed by atoms with Gasteiger partial charge in [-0.15, -0.1) is 0 Å². The van der Waals surface area contributed by atoms with Gasteiger partial charge in [0.25, 0.3) is 0 Å². The molecular formula is C15H22FN. The van der Waals surface area contributed by atoms with Gasteiger partial charge in [0.15, 0.2) is 0 Å². The van der Waals surface area contributed by atoms with Crippen molar-refractivity contribution in [3.63, 3.8) is 0 Å². The normalized spacial score (nSPS) is 8.59. The molecule has 0 spiro atoms. The molecule has 0 aliphatic heterocycles. The number of halogens is 1. The maximum Gasteiger partial charge on any atom is 0.0785 e. The maximum absolute atomic E-state index is 9.50. The third-order valence-corrected chi connectivity index (χ3v) is 2.35. The summed E-state index contributed by atoms with van der Waals surface area (Å²) in [7, 11) is 0.500. The summed E-state index contributed by atoms with van der Waals surface area (Å²) in [5.41, 5.74) is 5.17. The number of aryl methyl sites for hydroxylation is 2. The van der Waals surface area contributed by atoms with Crippen molar-refractivity contribution in [2.24, 2.45) is 0 Å². The second-order valence-electron chi connectivity index (χ2n) is 3.35. The van der Waals surface area contributed by atoms with Gasteiger partial charge in [0, 0.05) is 17.5 Å². The molecule has 0 unspecified atom stereocenters. The van der Waals surface area contributed by atoms with Crippen molar-refractivity contribution in [2.45, 2.75) is 27.7 Å². The molecule has 0 radical (unpaired) electrons. The van der Waals surface area contributed by atoms with Crippen LogP contribution in [0, 0.1) is 13.8 Å². The molecule has 1 aromatic carbocycles. The maximum atomic E-state index is 9.50. The monoisotopic (exact) mass is 235 g/mol. The molecule has 0 amide bonds. The summed E-state index contributed by atoms with van der Waals surface area (Å²) in [5, 5.41) is 0. The van der Waals surface area contributed by atoms with Crippen LogP contribution in [-0.4, -0.2) is 12.2 Å². The molecule has 2 rings (SSSR count). The van der Waals surface area contributed by atoms with Gasteiger partial charge in [0.1, 0.15) is 0 Å². The van der Waals surface area contributed by atoms with E-state index in [0.29, 0.717) is 7.18 Å². The Morgan fingerprint density at radius 2 is 1.41 bits per heavy atom. The highest BCUT2D eigenvalue weighted by atomic mass is 19.1. The van der Waals surface area contributed by atoms with Crippen LogP contribution in [0.15, 0.2) is 36.5 Å². The lowest BCUT2D eigenvalue weighted by molar-refractivity contribution is 0.636. The Hall–Kier alpha value is -1.57. The van der Waals surface area contributed by atoms with E-state index in [9.17, 15) is 4.39 Å². The smallest absolute Gasteiger partial charge is 0.0785 e. The second kappa shape index (κ2) is 8.57. The summed E-state index contributed by atoms with van der Waals surface area (Å²) >= 11 is 0. The highest BCUT2D eigenvalue weighted by Crippen LogP contribution is 2.24. The third kappa shape index (κ3) is 4.06. The summed E-state index contributed by atoms with van der Waals surface area (Å²) in [6.45, 7) is 8.28. The number of aromatic amines is 1. The van der Waals surface area contributed by atoms with Crippen molar-refractivity contribution in [1.82, 2.24) is 4.98 Å². The molecule has 0 aliphatic carbocycles. The Morgan fingerprint density at radius 1 is 0.882 bits per heavy atom. The quantitative estimate of drug-likeness (QED) is 0.722. The molecule has 0 saturated carbocycles. The zero-order valence-corrected chi connectivity index (χ0v) is 11.3. The van der Waals surface area contributed by atoms with E-state index in [2.05, 4.69) is 43.1 Å². The van der Waals surface area contributed by atoms with Crippen molar-refractivity contribution in [1.29, 1.82) is 0 Å². The first kappa shape index (κ1) is 15.4. The van der Waals surface area contributed by atoms with Crippen molar-refractivity contribution in [3.8, 4) is 11.3 Å². The minimum Gasteiger partial charge on any atom is -0.361 e. The van der Waals surface area contributed by atoms with Crippen molar-refractivity contribution in [3.05, 3.63) is 47.7 Å². The van der Waals surface area contributed by atoms with Gasteiger partial charge in [0.2, 0.25) is 0 Å². The molecule has 0 saturated heterocycles. The molecule has 0 fully saturated rings. The number of alkyl halides is 1. The predicted octanol–water partition coefficient (Wildman–Crippen LogP) is 4.91. The van der Waals surface area contributed by atoms with Gasteiger partial charge in [-0.3, -0.25) is 4.39 Å². The van der Waals surface area contributed by atoms with Crippen LogP contribution in [-0.2, 0) is 0 Å². The fourth-order valence-corrected chi connectivity index (χ4v) is 1.73. The molecule has 94 valence electrons. The van der Waals surface area contributed by atoms with Crippen molar-refractivity contribution < 1.29 is 4.39 Å². The van der Waals surface area contributed by atoms with Crippen LogP contribution in [0.3, 0.4) is 0 Å². The van der Waals surface area contributed by atoms with Gasteiger partial charge in [-0.05, 0) is 37.1 Å². The van der Waals surface area contributed by atoms with Gasteiger partial charge in [-0.1, -0.05) is 32.0 Å². The van der Waals surface area contributed by atoms with Gasteiger partial charge in [0.05, 0.1) is 7.18 Å². The lowest BCUT2D eigenvalue weighted by Gasteiger charge is -2.06. The summed E-state index contributed by atoms with van der Waals surface area (Å²) in [4.78, 5) is 3.24. The molecule has 1 nitrogen and oxygen atoms in total. The van der Waals surface area contributed by atoms with Crippen LogP contribution in [0.2, 0.25) is 0 Å². The van der Waals surface area contributed by atoms with Gasteiger partial charge in [-0.2, -0.15) is 0 Å². The van der Waals surface area contributed by atoms with Crippen molar-refractivity contribution >= 4 is 0 Å². The molecule has 2 heteroatoms. The summed E-state index contributed by atoms with van der Waals surface area (Å²) < 4.78 is 9.50. The van der Waals surface area contributed by atoms with E-state index in [1.165, 1.54) is 22.4 Å². The zero-order valence-electron chi connectivity index (χ0n) is 11.3. The van der Waals surface area contributed by atoms with Gasteiger partial charge < -0.3 is 4.98 Å². The van der Waals surface area contributed by atoms with Crippen LogP contribution in [0.5, 0.6) is 0 Å². The Kier molecular flexibility index (Phi) is 7.78. The standard InChI is InChI=1S/C12H13N.C2H6.CH3F/c1-9-5-3-6-10(2)12(9)11-7-4-8-13-11;2*1-2/h3-8,13H,1-2H3;1-2H3;1H3. The Labute approximate surface area is 104 Å². The number of benzene rings is 1. The number of hydrogen-bond acceptors (Lipinski definition) is 0. The van der Waals surface area contributed by atoms with Crippen LogP contribution in [0.25, 0.3) is 11.3 Å². The number of nitrogens with one attached hydrogen (secondary N) is 1. The van der Waals surface area contributed by atoms with Crippen LogP contribution in [0.4, 0.5) is 4.39 Å². The molecule has 1 aromatic heterocycles. The van der Waals surface area contributed by atoms with E-state index >= 15 is 0 Å². The second-order valence-corrected chi connectivity index (χ2v) is 3.35. The average Bonchev–Trinajstić information content (AvgIpc) is 2.88. The summed E-state index contributed by atoms with van der Waals surface area (Å²) in [6, 6.07) is 10.5. The summed E-state index contributed by atoms with van der Waals surface area (Å²) in [6.07, 6.45) is 1.96. The van der Waals surface area contributed by atoms with E-state index in [-0.39, 0.29) is 0 Å². The van der Waals surface area contributed by atoms with Crippen LogP contribution in [0.1, 0.15) is 25.0 Å². The van der Waals surface area contributed by atoms with E-state index in [4.69, 9.17) is 0 Å². The minimum absolute atomic E-state index is 0.500. The summed E-state index contributed by atoms with van der Waals surface area (Å²) in [5.74, 6) is 0. The molecular weight excluding hydrogens is 213 g/mol. The van der Waals surface area contributed by atoms with E-state index in [1.807, 2.05) is 26.1 Å². The molecule has 0 aliphatic rings. The Morgan fingerprint density at radius 3 is 1.82 bits per heavy atom. The first-order chi connectivity index (χ1) is 8.29. The lowest BCUT2D eigenvalue weighted by Crippen LogP contribution is -1.86. The van der Waals surface area contributed by atoms with Crippen LogP contribution < -0.4 is 0 Å². The van der Waals surface area contributed by atoms with E-state index < -0.39 is 0 Å². The Bertz CT molecular complexity index is 385. The molecule has 17 heavy (non-hydrogen) atoms. The van der Waals surface area contributed by atoms with Gasteiger partial charge >= 0.3 is 0 Å². The van der Waals surface area contributed by atoms with E-state index in [0.717, 1.165) is 0 Å². The predicted molar refractivity (Wildman–Crippen MR) is 74.1 cm³/mol. The number of aromatic nitrogens is 1. The number of hydrogen-bond donors (Lipinski definition) is 1. The highest BCUT2D eigenvalue weighted by molar-refractivity contribution is 5.67. The fraction of sp³-hybridized carbons (Fsp3) is 0.333. The van der Waals surface area contributed by atoms with E-state index in [1.54, 1.807) is 0 Å². The first-order valence-electron chi connectivity index (χ1n) is 5.87. The van der Waals surface area contributed by atoms with Crippen LogP contribution >= 0.6 is 0 Å². The fourth-order valence-electron chi connectivity index (χ4n) is 1.73. The van der Waals surface area contributed by atoms with Gasteiger partial charge in [-0.25, -0.2) is 0 Å². The Balaban J connectivity index is 0.000000581. The lowest BCUT2D eigenvalue weighted by atomic mass is 10.0. The molecule has 2 aromatic rings.